The lowest BCUT2D eigenvalue weighted by Crippen LogP contribution is -2.44. The van der Waals surface area contributed by atoms with Crippen molar-refractivity contribution in [3.63, 3.8) is 0 Å². The lowest BCUT2D eigenvalue weighted by atomic mass is 10.2. The van der Waals surface area contributed by atoms with Crippen molar-refractivity contribution in [2.24, 2.45) is 0 Å². The third-order valence-corrected chi connectivity index (χ3v) is 2.93. The van der Waals surface area contributed by atoms with Gasteiger partial charge in [0.15, 0.2) is 11.4 Å². The molecule has 0 saturated heterocycles. The van der Waals surface area contributed by atoms with Crippen molar-refractivity contribution in [3.8, 4) is 0 Å². The van der Waals surface area contributed by atoms with Gasteiger partial charge in [0.25, 0.3) is 5.70 Å². The molecule has 19 heavy (non-hydrogen) atoms. The molecule has 0 aliphatic heterocycles. The van der Waals surface area contributed by atoms with Gasteiger partial charge in [0.1, 0.15) is 0 Å². The fourth-order valence-electron chi connectivity index (χ4n) is 1.68. The maximum Gasteiger partial charge on any atom is 0.402 e. The summed E-state index contributed by atoms with van der Waals surface area (Å²) in [7, 11) is 2.44. The molecule has 0 N–H and O–H groups in total. The number of ether oxygens (including phenoxy) is 2. The second-order valence-electron chi connectivity index (χ2n) is 3.80. The van der Waals surface area contributed by atoms with Gasteiger partial charge in [-0.3, -0.25) is 0 Å². The molecule has 0 fully saturated rings. The van der Waals surface area contributed by atoms with Crippen LogP contribution < -0.4 is 4.57 Å². The zero-order valence-corrected chi connectivity index (χ0v) is 12.0. The predicted octanol–water partition coefficient (Wildman–Crippen LogP) is 0.652. The van der Waals surface area contributed by atoms with Crippen LogP contribution in [0.1, 0.15) is 11.4 Å². The number of hydrogen-bond acceptors (Lipinski definition) is 5. The monoisotopic (exact) mass is 281 g/mol. The van der Waals surface area contributed by atoms with E-state index in [-0.39, 0.29) is 10.6 Å². The van der Waals surface area contributed by atoms with Gasteiger partial charge in [-0.15, -0.1) is 0 Å². The minimum atomic E-state index is -0.745. The quantitative estimate of drug-likeness (QED) is 0.352. The average molecular weight is 281 g/mol. The van der Waals surface area contributed by atoms with Crippen molar-refractivity contribution in [3.05, 3.63) is 34.5 Å². The normalized spacial score (nSPS) is 11.6. The van der Waals surface area contributed by atoms with E-state index >= 15 is 0 Å². The number of carbonyl (C=O) groups excluding carboxylic acids is 2. The third-order valence-electron chi connectivity index (χ3n) is 2.57. The maximum absolute atomic E-state index is 11.9. The second kappa shape index (κ2) is 6.29. The minimum Gasteiger partial charge on any atom is -0.766 e. The fourth-order valence-corrected chi connectivity index (χ4v) is 1.94. The summed E-state index contributed by atoms with van der Waals surface area (Å²) in [4.78, 5) is 23.3. The summed E-state index contributed by atoms with van der Waals surface area (Å²) < 4.78 is 10.8. The van der Waals surface area contributed by atoms with Crippen molar-refractivity contribution in [2.75, 3.05) is 14.2 Å². The highest BCUT2D eigenvalue weighted by Gasteiger charge is 2.28. The Labute approximate surface area is 117 Å². The number of rotatable bonds is 3. The lowest BCUT2D eigenvalue weighted by Gasteiger charge is -2.13. The molecule has 0 saturated carbocycles. The molecule has 102 valence electrons. The Morgan fingerprint density at radius 2 is 1.53 bits per heavy atom. The molecule has 1 aromatic heterocycles. The fraction of sp³-hybridized carbons (Fsp3) is 0.308. The molecular formula is C13H15NO4S. The van der Waals surface area contributed by atoms with Gasteiger partial charge in [0, 0.05) is 26.0 Å². The van der Waals surface area contributed by atoms with Crippen molar-refractivity contribution in [2.45, 2.75) is 13.8 Å². The van der Waals surface area contributed by atoms with Gasteiger partial charge in [0.2, 0.25) is 0 Å². The van der Waals surface area contributed by atoms with Gasteiger partial charge >= 0.3 is 11.9 Å². The number of methoxy groups -OCH3 is 2. The number of carbonyl (C=O) groups is 2. The molecule has 0 spiro atoms. The van der Waals surface area contributed by atoms with Crippen molar-refractivity contribution >= 4 is 30.3 Å². The molecule has 1 heterocycles. The molecule has 0 amide bonds. The van der Waals surface area contributed by atoms with E-state index in [1.54, 1.807) is 30.5 Å². The van der Waals surface area contributed by atoms with Gasteiger partial charge in [-0.1, -0.05) is 0 Å². The minimum absolute atomic E-state index is 0.0139. The second-order valence-corrected chi connectivity index (χ2v) is 4.21. The number of esters is 2. The Morgan fingerprint density at radius 1 is 1.05 bits per heavy atom. The third kappa shape index (κ3) is 3.08. The lowest BCUT2D eigenvalue weighted by molar-refractivity contribution is -0.592. The van der Waals surface area contributed by atoms with E-state index in [9.17, 15) is 9.59 Å². The van der Waals surface area contributed by atoms with Crippen LogP contribution in [0.15, 0.2) is 23.1 Å². The van der Waals surface area contributed by atoms with E-state index < -0.39 is 11.9 Å². The highest BCUT2D eigenvalue weighted by atomic mass is 32.1. The molecule has 0 aromatic carbocycles. The van der Waals surface area contributed by atoms with E-state index in [4.69, 9.17) is 17.4 Å². The van der Waals surface area contributed by atoms with Crippen LogP contribution in [0.25, 0.3) is 5.70 Å². The number of pyridine rings is 1. The first-order valence-electron chi connectivity index (χ1n) is 5.50. The van der Waals surface area contributed by atoms with Crippen molar-refractivity contribution in [1.82, 2.24) is 0 Å². The molecule has 5 nitrogen and oxygen atoms in total. The van der Waals surface area contributed by atoms with E-state index in [2.05, 4.69) is 4.74 Å². The highest BCUT2D eigenvalue weighted by Crippen LogP contribution is 2.10. The Morgan fingerprint density at radius 3 is 1.95 bits per heavy atom. The Kier molecular flexibility index (Phi) is 5.00. The van der Waals surface area contributed by atoms with Crippen LogP contribution in [0.5, 0.6) is 0 Å². The molecule has 0 aliphatic rings. The van der Waals surface area contributed by atoms with Gasteiger partial charge in [0.05, 0.1) is 14.2 Å². The molecule has 0 unspecified atom stereocenters. The molecular weight excluding hydrogens is 266 g/mol. The topological polar surface area (TPSA) is 56.5 Å². The van der Waals surface area contributed by atoms with Gasteiger partial charge in [-0.05, 0) is 11.0 Å². The Bertz CT molecular complexity index is 531. The highest BCUT2D eigenvalue weighted by molar-refractivity contribution is 7.65. The number of hydrogen-bond donors (Lipinski definition) is 0. The first-order valence-corrected chi connectivity index (χ1v) is 5.91. The molecule has 0 atom stereocenters. The summed E-state index contributed by atoms with van der Waals surface area (Å²) >= 11 is 5.01. The average Bonchev–Trinajstić information content (AvgIpc) is 2.40. The zero-order chi connectivity index (χ0) is 14.6. The summed E-state index contributed by atoms with van der Waals surface area (Å²) in [5, 5.41) is 0. The Balaban J connectivity index is 3.59. The zero-order valence-electron chi connectivity index (χ0n) is 11.2. The maximum atomic E-state index is 11.9. The van der Waals surface area contributed by atoms with Crippen LogP contribution in [-0.2, 0) is 31.7 Å². The van der Waals surface area contributed by atoms with Crippen LogP contribution in [0, 0.1) is 13.8 Å². The van der Waals surface area contributed by atoms with E-state index in [0.29, 0.717) is 0 Å². The molecule has 1 rings (SSSR count). The van der Waals surface area contributed by atoms with Crippen LogP contribution in [0.3, 0.4) is 0 Å². The summed E-state index contributed by atoms with van der Waals surface area (Å²) in [5.74, 6) is -1.43. The van der Waals surface area contributed by atoms with Gasteiger partial charge < -0.3 is 22.1 Å². The van der Waals surface area contributed by atoms with Crippen molar-refractivity contribution < 1.29 is 23.6 Å². The number of aryl methyl sites for hydroxylation is 2. The summed E-state index contributed by atoms with van der Waals surface area (Å²) in [6.07, 6.45) is 0. The molecule has 6 heteroatoms. The standard InChI is InChI=1S/C13H15NO4S/c1-8-6-5-7-9(2)14(8)10(12(15)17-3)11(19)13(16)18-4/h5-7H,1-4H3. The largest absolute Gasteiger partial charge is 0.766 e. The summed E-state index contributed by atoms with van der Waals surface area (Å²) in [6.45, 7) is 3.60. The van der Waals surface area contributed by atoms with Crippen LogP contribution >= 0.6 is 0 Å². The number of aromatic nitrogens is 1. The summed E-state index contributed by atoms with van der Waals surface area (Å²) in [5.41, 5.74) is 1.50. The van der Waals surface area contributed by atoms with Gasteiger partial charge in [-0.2, -0.15) is 4.57 Å². The predicted molar refractivity (Wildman–Crippen MR) is 70.7 cm³/mol. The van der Waals surface area contributed by atoms with Crippen molar-refractivity contribution in [1.29, 1.82) is 0 Å². The molecule has 1 aromatic rings. The first-order chi connectivity index (χ1) is 8.93. The first kappa shape index (κ1) is 15.1. The summed E-state index contributed by atoms with van der Waals surface area (Å²) in [6, 6.07) is 5.45. The van der Waals surface area contributed by atoms with Gasteiger partial charge in [-0.25, -0.2) is 9.59 Å². The smallest absolute Gasteiger partial charge is 0.402 e. The van der Waals surface area contributed by atoms with E-state index in [1.807, 2.05) is 6.07 Å². The van der Waals surface area contributed by atoms with Crippen LogP contribution in [0.2, 0.25) is 0 Å². The van der Waals surface area contributed by atoms with E-state index in [1.165, 1.54) is 14.2 Å². The van der Waals surface area contributed by atoms with E-state index in [0.717, 1.165) is 11.4 Å². The molecule has 0 aliphatic carbocycles. The molecule has 0 bridgehead atoms. The van der Waals surface area contributed by atoms with Crippen LogP contribution in [0.4, 0.5) is 0 Å². The van der Waals surface area contributed by atoms with Crippen LogP contribution in [-0.4, -0.2) is 26.2 Å². The number of nitrogens with zero attached hydrogens (tertiary/aromatic N) is 1. The Hall–Kier alpha value is -1.95. The SMILES string of the molecule is COC(=O)/C([S-])=C(\C(=O)OC)[n+]1c(C)cccc1C. The molecule has 0 radical (unpaired) electrons.